The van der Waals surface area contributed by atoms with Crippen LogP contribution < -0.4 is 0 Å². The van der Waals surface area contributed by atoms with E-state index in [4.69, 9.17) is 9.72 Å². The van der Waals surface area contributed by atoms with Crippen LogP contribution in [0.3, 0.4) is 0 Å². The zero-order chi connectivity index (χ0) is 27.2. The molecular weight excluding hydrogens is 466 g/mol. The van der Waals surface area contributed by atoms with Gasteiger partial charge in [0.1, 0.15) is 11.9 Å². The van der Waals surface area contributed by atoms with Crippen molar-refractivity contribution >= 4 is 22.7 Å². The number of hydrogen-bond donors (Lipinski definition) is 2. The van der Waals surface area contributed by atoms with Gasteiger partial charge in [-0.15, -0.1) is 6.58 Å². The minimum atomic E-state index is -1.27. The van der Waals surface area contributed by atoms with Crippen LogP contribution in [0.15, 0.2) is 60.7 Å². The summed E-state index contributed by atoms with van der Waals surface area (Å²) < 4.78 is 5.86. The molecule has 0 bridgehead atoms. The van der Waals surface area contributed by atoms with Gasteiger partial charge in [-0.3, -0.25) is 9.59 Å². The Kier molecular flexibility index (Phi) is 9.80. The van der Waals surface area contributed by atoms with Crippen LogP contribution in [0.2, 0.25) is 0 Å². The number of nitrogens with zero attached hydrogens (tertiary/aromatic N) is 1. The van der Waals surface area contributed by atoms with E-state index in [0.29, 0.717) is 18.5 Å². The highest BCUT2D eigenvalue weighted by molar-refractivity contribution is 5.88. The van der Waals surface area contributed by atoms with Crippen LogP contribution in [0.4, 0.5) is 0 Å². The van der Waals surface area contributed by atoms with Gasteiger partial charge in [-0.05, 0) is 50.7 Å². The van der Waals surface area contributed by atoms with Crippen molar-refractivity contribution in [3.8, 4) is 0 Å². The number of ether oxygens (including phenoxy) is 1. The molecule has 6 heteroatoms. The van der Waals surface area contributed by atoms with Crippen molar-refractivity contribution < 1.29 is 24.5 Å². The summed E-state index contributed by atoms with van der Waals surface area (Å²) in [6.45, 7) is 11.0. The molecule has 0 aliphatic carbocycles. The number of carbonyl (C=O) groups excluding carboxylic acids is 2. The molecule has 1 aliphatic rings. The largest absolute Gasteiger partial charge is 0.455 e. The lowest BCUT2D eigenvalue weighted by Gasteiger charge is -2.35. The molecule has 0 radical (unpaired) electrons. The van der Waals surface area contributed by atoms with E-state index >= 15 is 0 Å². The van der Waals surface area contributed by atoms with E-state index in [9.17, 15) is 19.8 Å². The van der Waals surface area contributed by atoms with E-state index < -0.39 is 35.6 Å². The molecule has 37 heavy (non-hydrogen) atoms. The first-order valence-electron chi connectivity index (χ1n) is 13.3. The number of fused-ring (bicyclic) bond motifs is 1. The lowest BCUT2D eigenvalue weighted by Crippen LogP contribution is -2.46. The van der Waals surface area contributed by atoms with Crippen LogP contribution >= 0.6 is 0 Å². The van der Waals surface area contributed by atoms with Gasteiger partial charge in [0, 0.05) is 17.7 Å². The maximum absolute atomic E-state index is 13.5. The Balaban J connectivity index is 1.93. The van der Waals surface area contributed by atoms with Crippen molar-refractivity contribution in [2.75, 3.05) is 0 Å². The number of allylic oxidation sites excluding steroid dienone is 2. The summed E-state index contributed by atoms with van der Waals surface area (Å²) in [5.41, 5.74) is 1.37. The van der Waals surface area contributed by atoms with Crippen LogP contribution in [-0.4, -0.2) is 39.2 Å². The zero-order valence-electron chi connectivity index (χ0n) is 22.5. The molecule has 0 amide bonds. The summed E-state index contributed by atoms with van der Waals surface area (Å²) in [6.07, 6.45) is 3.86. The number of para-hydroxylation sites is 1. The quantitative estimate of drug-likeness (QED) is 0.398. The Morgan fingerprint density at radius 2 is 1.89 bits per heavy atom. The van der Waals surface area contributed by atoms with Crippen LogP contribution in [0, 0.1) is 17.3 Å². The summed E-state index contributed by atoms with van der Waals surface area (Å²) >= 11 is 0. The van der Waals surface area contributed by atoms with Gasteiger partial charge in [-0.1, -0.05) is 62.8 Å². The van der Waals surface area contributed by atoms with E-state index in [1.807, 2.05) is 50.2 Å². The second-order valence-corrected chi connectivity index (χ2v) is 11.0. The molecule has 6 nitrogen and oxygen atoms in total. The topological polar surface area (TPSA) is 96.7 Å². The van der Waals surface area contributed by atoms with Crippen LogP contribution in [-0.2, 0) is 14.3 Å². The highest BCUT2D eigenvalue weighted by atomic mass is 16.5. The number of aliphatic hydroxyl groups is 2. The number of hydrogen-bond acceptors (Lipinski definition) is 6. The molecule has 0 fully saturated rings. The lowest BCUT2D eigenvalue weighted by atomic mass is 9.71. The maximum atomic E-state index is 13.5. The summed E-state index contributed by atoms with van der Waals surface area (Å²) in [5.74, 6) is -1.67. The van der Waals surface area contributed by atoms with E-state index in [1.165, 1.54) is 0 Å². The number of aromatic nitrogens is 1. The van der Waals surface area contributed by atoms with Crippen molar-refractivity contribution in [2.24, 2.45) is 17.3 Å². The summed E-state index contributed by atoms with van der Waals surface area (Å²) in [6, 6.07) is 11.6. The first-order chi connectivity index (χ1) is 17.5. The molecule has 1 aliphatic heterocycles. The number of rotatable bonds is 3. The number of Topliss-reactive ketones (excluding diaryl/α,β-unsaturated/α-hetero) is 1. The van der Waals surface area contributed by atoms with Crippen molar-refractivity contribution in [3.63, 3.8) is 0 Å². The number of benzene rings is 1. The van der Waals surface area contributed by atoms with Gasteiger partial charge in [0.15, 0.2) is 0 Å². The molecule has 200 valence electrons. The van der Waals surface area contributed by atoms with Crippen LogP contribution in [0.1, 0.15) is 78.0 Å². The van der Waals surface area contributed by atoms with Gasteiger partial charge in [0.05, 0.1) is 35.3 Å². The number of ketones is 1. The Bertz CT molecular complexity index is 1140. The average molecular weight is 508 g/mol. The molecule has 0 unspecified atom stereocenters. The summed E-state index contributed by atoms with van der Waals surface area (Å²) in [5, 5.41) is 23.1. The van der Waals surface area contributed by atoms with Crippen molar-refractivity contribution in [1.82, 2.24) is 4.98 Å². The predicted molar refractivity (Wildman–Crippen MR) is 146 cm³/mol. The Labute approximate surface area is 220 Å². The maximum Gasteiger partial charge on any atom is 0.309 e. The van der Waals surface area contributed by atoms with Gasteiger partial charge in [-0.2, -0.15) is 0 Å². The van der Waals surface area contributed by atoms with E-state index in [2.05, 4.69) is 12.7 Å². The molecule has 2 N–H and O–H groups in total. The van der Waals surface area contributed by atoms with Crippen LogP contribution in [0.5, 0.6) is 0 Å². The van der Waals surface area contributed by atoms with Crippen LogP contribution in [0.25, 0.3) is 10.9 Å². The normalized spacial score (nSPS) is 29.8. The van der Waals surface area contributed by atoms with E-state index in [-0.39, 0.29) is 18.1 Å². The monoisotopic (exact) mass is 507 g/mol. The van der Waals surface area contributed by atoms with Gasteiger partial charge >= 0.3 is 5.97 Å². The highest BCUT2D eigenvalue weighted by Crippen LogP contribution is 2.34. The smallest absolute Gasteiger partial charge is 0.309 e. The SMILES string of the molecule is C=CC[C@H]1C(=O)C(C)(C)[C@H](O)CC(=O)O[C@H](c2ccc3ccccc3n2)C/C=C(/C)CCC[C@H](C)[C@@H]1O. The number of esters is 1. The van der Waals surface area contributed by atoms with E-state index in [0.717, 1.165) is 35.7 Å². The molecule has 1 aromatic heterocycles. The Morgan fingerprint density at radius 1 is 1.16 bits per heavy atom. The molecule has 2 heterocycles. The van der Waals surface area contributed by atoms with Gasteiger partial charge < -0.3 is 14.9 Å². The van der Waals surface area contributed by atoms with Gasteiger partial charge in [0.25, 0.3) is 0 Å². The van der Waals surface area contributed by atoms with Gasteiger partial charge in [-0.25, -0.2) is 4.98 Å². The van der Waals surface area contributed by atoms with Crippen molar-refractivity contribution in [1.29, 1.82) is 0 Å². The first-order valence-corrected chi connectivity index (χ1v) is 13.3. The molecule has 0 saturated heterocycles. The number of pyridine rings is 1. The molecule has 3 rings (SSSR count). The zero-order valence-corrected chi connectivity index (χ0v) is 22.5. The number of cyclic esters (lactones) is 1. The number of carbonyl (C=O) groups is 2. The van der Waals surface area contributed by atoms with Crippen molar-refractivity contribution in [3.05, 3.63) is 66.4 Å². The molecular formula is C31H41NO5. The summed E-state index contributed by atoms with van der Waals surface area (Å²) in [4.78, 5) is 31.3. The van der Waals surface area contributed by atoms with E-state index in [1.54, 1.807) is 19.9 Å². The van der Waals surface area contributed by atoms with Crippen molar-refractivity contribution in [2.45, 2.75) is 84.5 Å². The fraction of sp³-hybridized carbons (Fsp3) is 0.516. The predicted octanol–water partition coefficient (Wildman–Crippen LogP) is 5.88. The summed E-state index contributed by atoms with van der Waals surface area (Å²) in [7, 11) is 0. The first kappa shape index (κ1) is 28.7. The fourth-order valence-corrected chi connectivity index (χ4v) is 5.01. The number of aliphatic hydroxyl groups excluding tert-OH is 2. The molecule has 0 spiro atoms. The lowest BCUT2D eigenvalue weighted by molar-refractivity contribution is -0.156. The third-order valence-electron chi connectivity index (χ3n) is 7.72. The molecule has 1 aromatic carbocycles. The molecule has 2 aromatic rings. The average Bonchev–Trinajstić information content (AvgIpc) is 2.87. The minimum Gasteiger partial charge on any atom is -0.455 e. The molecule has 5 atom stereocenters. The second-order valence-electron chi connectivity index (χ2n) is 11.0. The second kappa shape index (κ2) is 12.6. The van der Waals surface area contributed by atoms with Gasteiger partial charge in [0.2, 0.25) is 0 Å². The highest BCUT2D eigenvalue weighted by Gasteiger charge is 2.43. The minimum absolute atomic E-state index is 0.0953. The Morgan fingerprint density at radius 3 is 2.62 bits per heavy atom. The third kappa shape index (κ3) is 7.14. The third-order valence-corrected chi connectivity index (χ3v) is 7.72. The molecule has 0 saturated carbocycles. The Hall–Kier alpha value is -2.83. The standard InChI is InChI=1S/C31H41NO5/c1-6-10-23-29(35)21(3)12-9-11-20(2)15-18-26(25-17-16-22-13-7-8-14-24(22)32-25)37-28(34)19-27(33)31(4,5)30(23)36/h6-8,13-17,21,23,26-27,29,33,35H,1,9-12,18-19H2,2-5H3/b20-15-/t21-,23+,26-,27+,29-/m0/s1. The fourth-order valence-electron chi connectivity index (χ4n) is 5.01.